The van der Waals surface area contributed by atoms with Gasteiger partial charge in [0.15, 0.2) is 0 Å². The quantitative estimate of drug-likeness (QED) is 0.482. The summed E-state index contributed by atoms with van der Waals surface area (Å²) in [4.78, 5) is 19.7. The standard InChI is InChI=1S/C22H23N3O5S2/c1-3-30-20(26)12-15-13-23-22(31-15)17-11-14-7-6-8-16(21(14)24-17)25-32(27,28)19-10-5-4-9-18(19)29-2/h4-11,15,24-25H,3,12-13H2,1-2H3. The number of hydrogen-bond acceptors (Lipinski definition) is 7. The first kappa shape index (κ1) is 22.2. The SMILES string of the molecule is CCOC(=O)CC1CN=C(c2cc3cccc(NS(=O)(=O)c4ccccc4OC)c3[nH]2)S1. The number of nitrogens with zero attached hydrogens (tertiary/aromatic N) is 1. The lowest BCUT2D eigenvalue weighted by Gasteiger charge is -2.12. The molecular weight excluding hydrogens is 450 g/mol. The summed E-state index contributed by atoms with van der Waals surface area (Å²) in [5.41, 5.74) is 1.85. The zero-order valence-electron chi connectivity index (χ0n) is 17.6. The molecule has 0 spiro atoms. The molecule has 1 aliphatic heterocycles. The van der Waals surface area contributed by atoms with Crippen molar-refractivity contribution in [1.29, 1.82) is 0 Å². The predicted octanol–water partition coefficient (Wildman–Crippen LogP) is 3.79. The number of fused-ring (bicyclic) bond motifs is 1. The molecule has 168 valence electrons. The zero-order chi connectivity index (χ0) is 22.7. The molecule has 3 aromatic rings. The van der Waals surface area contributed by atoms with Crippen LogP contribution in [0.4, 0.5) is 5.69 Å². The van der Waals surface area contributed by atoms with E-state index >= 15 is 0 Å². The third-order valence-corrected chi connectivity index (χ3v) is 7.53. The van der Waals surface area contributed by atoms with Crippen LogP contribution in [-0.2, 0) is 19.6 Å². The third kappa shape index (κ3) is 4.61. The van der Waals surface area contributed by atoms with Crippen molar-refractivity contribution in [3.63, 3.8) is 0 Å². The van der Waals surface area contributed by atoms with Crippen molar-refractivity contribution in [2.24, 2.45) is 4.99 Å². The van der Waals surface area contributed by atoms with Crippen LogP contribution in [-0.4, -0.2) is 49.9 Å². The number of carbonyl (C=O) groups excluding carboxylic acids is 1. The number of carbonyl (C=O) groups is 1. The number of benzene rings is 2. The molecule has 2 heterocycles. The fourth-order valence-electron chi connectivity index (χ4n) is 3.47. The van der Waals surface area contributed by atoms with Gasteiger partial charge in [0, 0.05) is 10.6 Å². The molecule has 0 amide bonds. The molecule has 4 rings (SSSR count). The number of aromatic amines is 1. The summed E-state index contributed by atoms with van der Waals surface area (Å²) < 4.78 is 38.9. The van der Waals surface area contributed by atoms with Gasteiger partial charge in [-0.2, -0.15) is 0 Å². The van der Waals surface area contributed by atoms with Gasteiger partial charge in [-0.3, -0.25) is 14.5 Å². The van der Waals surface area contributed by atoms with E-state index in [-0.39, 0.29) is 21.9 Å². The van der Waals surface area contributed by atoms with E-state index in [1.54, 1.807) is 37.3 Å². The van der Waals surface area contributed by atoms with E-state index in [0.29, 0.717) is 30.8 Å². The minimum Gasteiger partial charge on any atom is -0.495 e. The Morgan fingerprint density at radius 1 is 1.25 bits per heavy atom. The smallest absolute Gasteiger partial charge is 0.306 e. The summed E-state index contributed by atoms with van der Waals surface area (Å²) in [5, 5.41) is 1.66. The number of esters is 1. The Hall–Kier alpha value is -2.98. The molecule has 2 N–H and O–H groups in total. The summed E-state index contributed by atoms with van der Waals surface area (Å²) in [6.07, 6.45) is 0.301. The van der Waals surface area contributed by atoms with Crippen LogP contribution in [0.3, 0.4) is 0 Å². The van der Waals surface area contributed by atoms with Crippen molar-refractivity contribution in [1.82, 2.24) is 4.98 Å². The van der Waals surface area contributed by atoms with E-state index in [0.717, 1.165) is 16.1 Å². The Morgan fingerprint density at radius 3 is 2.84 bits per heavy atom. The van der Waals surface area contributed by atoms with Crippen LogP contribution in [0.5, 0.6) is 5.75 Å². The molecular formula is C22H23N3O5S2. The average Bonchev–Trinajstić information content (AvgIpc) is 3.41. The second kappa shape index (κ2) is 9.25. The van der Waals surface area contributed by atoms with Crippen LogP contribution in [0, 0.1) is 0 Å². The number of methoxy groups -OCH3 is 1. The number of anilines is 1. The van der Waals surface area contributed by atoms with Crippen molar-refractivity contribution in [2.75, 3.05) is 25.0 Å². The number of sulfonamides is 1. The lowest BCUT2D eigenvalue weighted by atomic mass is 10.2. The average molecular weight is 474 g/mol. The van der Waals surface area contributed by atoms with Crippen molar-refractivity contribution in [3.8, 4) is 5.75 Å². The van der Waals surface area contributed by atoms with Crippen molar-refractivity contribution >= 4 is 49.4 Å². The monoisotopic (exact) mass is 473 g/mol. The lowest BCUT2D eigenvalue weighted by Crippen LogP contribution is -2.14. The normalized spacial score (nSPS) is 16.1. The summed E-state index contributed by atoms with van der Waals surface area (Å²) >= 11 is 1.52. The summed E-state index contributed by atoms with van der Waals surface area (Å²) in [6, 6.07) is 13.8. The topological polar surface area (TPSA) is 110 Å². The fraction of sp³-hybridized carbons (Fsp3) is 0.273. The molecule has 0 saturated heterocycles. The zero-order valence-corrected chi connectivity index (χ0v) is 19.3. The highest BCUT2D eigenvalue weighted by atomic mass is 32.2. The molecule has 8 nitrogen and oxygen atoms in total. The highest BCUT2D eigenvalue weighted by Gasteiger charge is 2.26. The van der Waals surface area contributed by atoms with E-state index in [2.05, 4.69) is 14.7 Å². The van der Waals surface area contributed by atoms with Gasteiger partial charge in [-0.1, -0.05) is 36.0 Å². The number of H-pyrrole nitrogens is 1. The van der Waals surface area contributed by atoms with E-state index in [1.807, 2.05) is 12.1 Å². The second-order valence-electron chi connectivity index (χ2n) is 7.10. The van der Waals surface area contributed by atoms with Gasteiger partial charge < -0.3 is 14.5 Å². The molecule has 1 aliphatic rings. The van der Waals surface area contributed by atoms with E-state index in [9.17, 15) is 13.2 Å². The van der Waals surface area contributed by atoms with Gasteiger partial charge in [0.05, 0.1) is 43.6 Å². The van der Waals surface area contributed by atoms with Crippen LogP contribution in [0.25, 0.3) is 10.9 Å². The first-order valence-corrected chi connectivity index (χ1v) is 12.4. The molecule has 0 fully saturated rings. The van der Waals surface area contributed by atoms with Gasteiger partial charge >= 0.3 is 5.97 Å². The minimum atomic E-state index is -3.87. The van der Waals surface area contributed by atoms with Gasteiger partial charge in [0.1, 0.15) is 15.7 Å². The van der Waals surface area contributed by atoms with Gasteiger partial charge in [-0.15, -0.1) is 0 Å². The highest BCUT2D eigenvalue weighted by Crippen LogP contribution is 2.33. The number of rotatable bonds is 8. The van der Waals surface area contributed by atoms with Crippen LogP contribution in [0.15, 0.2) is 58.4 Å². The Balaban J connectivity index is 1.58. The number of nitrogens with one attached hydrogen (secondary N) is 2. The predicted molar refractivity (Wildman–Crippen MR) is 126 cm³/mol. The molecule has 0 radical (unpaired) electrons. The number of para-hydroxylation sites is 2. The maximum atomic E-state index is 13.0. The van der Waals surface area contributed by atoms with Gasteiger partial charge in [-0.05, 0) is 31.2 Å². The first-order chi connectivity index (χ1) is 15.4. The molecule has 0 saturated carbocycles. The highest BCUT2D eigenvalue weighted by molar-refractivity contribution is 8.15. The van der Waals surface area contributed by atoms with Crippen LogP contribution in [0.2, 0.25) is 0 Å². The van der Waals surface area contributed by atoms with E-state index in [1.165, 1.54) is 24.9 Å². The number of thioether (sulfide) groups is 1. The number of aromatic nitrogens is 1. The summed E-state index contributed by atoms with van der Waals surface area (Å²) in [7, 11) is -2.43. The Kier molecular flexibility index (Phi) is 6.43. The van der Waals surface area contributed by atoms with E-state index < -0.39 is 10.0 Å². The Bertz CT molecular complexity index is 1280. The summed E-state index contributed by atoms with van der Waals surface area (Å²) in [6.45, 7) is 2.67. The third-order valence-electron chi connectivity index (χ3n) is 4.91. The van der Waals surface area contributed by atoms with E-state index in [4.69, 9.17) is 9.47 Å². The summed E-state index contributed by atoms with van der Waals surface area (Å²) in [5.74, 6) is 0.0369. The molecule has 10 heteroatoms. The molecule has 1 atom stereocenters. The molecule has 2 aromatic carbocycles. The Morgan fingerprint density at radius 2 is 2.06 bits per heavy atom. The van der Waals surface area contributed by atoms with Crippen molar-refractivity contribution < 1.29 is 22.7 Å². The molecule has 0 aliphatic carbocycles. The largest absolute Gasteiger partial charge is 0.495 e. The van der Waals surface area contributed by atoms with Gasteiger partial charge in [-0.25, -0.2) is 8.42 Å². The van der Waals surface area contributed by atoms with Crippen LogP contribution in [0.1, 0.15) is 19.0 Å². The Labute approximate surface area is 190 Å². The molecule has 0 bridgehead atoms. The van der Waals surface area contributed by atoms with Crippen LogP contribution < -0.4 is 9.46 Å². The van der Waals surface area contributed by atoms with Crippen molar-refractivity contribution in [2.45, 2.75) is 23.5 Å². The van der Waals surface area contributed by atoms with Gasteiger partial charge in [0.25, 0.3) is 10.0 Å². The fourth-order valence-corrected chi connectivity index (χ4v) is 5.79. The molecule has 1 unspecified atom stereocenters. The number of hydrogen-bond donors (Lipinski definition) is 2. The second-order valence-corrected chi connectivity index (χ2v) is 10.0. The minimum absolute atomic E-state index is 0.0268. The maximum absolute atomic E-state index is 13.0. The van der Waals surface area contributed by atoms with Crippen molar-refractivity contribution in [3.05, 3.63) is 54.2 Å². The number of aliphatic imine (C=N–C) groups is 1. The molecule has 32 heavy (non-hydrogen) atoms. The van der Waals surface area contributed by atoms with Gasteiger partial charge in [0.2, 0.25) is 0 Å². The first-order valence-electron chi connectivity index (χ1n) is 10.1. The molecule has 1 aromatic heterocycles. The maximum Gasteiger partial charge on any atom is 0.306 e. The lowest BCUT2D eigenvalue weighted by molar-refractivity contribution is -0.143. The number of ether oxygens (including phenoxy) is 2. The van der Waals surface area contributed by atoms with Crippen LogP contribution >= 0.6 is 11.8 Å².